The molecule has 0 saturated heterocycles. The topological polar surface area (TPSA) is 111 Å². The number of aromatic nitrogens is 2. The first-order chi connectivity index (χ1) is 16.1. The quantitative estimate of drug-likeness (QED) is 0.410. The van der Waals surface area contributed by atoms with Gasteiger partial charge in [0, 0.05) is 17.5 Å². The van der Waals surface area contributed by atoms with Crippen LogP contribution >= 0.6 is 11.8 Å². The Hall–Kier alpha value is -3.53. The highest BCUT2D eigenvalue weighted by Gasteiger charge is 2.44. The molecule has 33 heavy (non-hydrogen) atoms. The molecule has 0 spiro atoms. The van der Waals surface area contributed by atoms with E-state index in [0.717, 1.165) is 24.0 Å². The first kappa shape index (κ1) is 21.3. The highest BCUT2D eigenvalue weighted by atomic mass is 32.2. The Morgan fingerprint density at radius 3 is 2.70 bits per heavy atom. The Balaban J connectivity index is 1.50. The lowest BCUT2D eigenvalue weighted by Crippen LogP contribution is -2.50. The average molecular weight is 467 g/mol. The maximum Gasteiger partial charge on any atom is 0.338 e. The molecule has 1 aliphatic heterocycles. The maximum absolute atomic E-state index is 13.1. The zero-order chi connectivity index (χ0) is 22.9. The van der Waals surface area contributed by atoms with Crippen molar-refractivity contribution in [1.82, 2.24) is 20.4 Å². The minimum atomic E-state index is -0.608. The summed E-state index contributed by atoms with van der Waals surface area (Å²) < 4.78 is 16.2. The van der Waals surface area contributed by atoms with Crippen molar-refractivity contribution in [2.24, 2.45) is 0 Å². The molecule has 10 heteroatoms. The molecular weight excluding hydrogens is 444 g/mol. The number of thioether (sulfide) groups is 1. The van der Waals surface area contributed by atoms with Crippen molar-refractivity contribution >= 4 is 23.8 Å². The predicted molar refractivity (Wildman–Crippen MR) is 119 cm³/mol. The summed E-state index contributed by atoms with van der Waals surface area (Å²) in [6, 6.07) is 10.4. The molecule has 1 N–H and O–H groups in total. The van der Waals surface area contributed by atoms with Gasteiger partial charge in [0.1, 0.15) is 5.76 Å². The normalized spacial score (nSPS) is 18.4. The number of methoxy groups -OCH3 is 1. The van der Waals surface area contributed by atoms with E-state index in [2.05, 4.69) is 15.5 Å². The summed E-state index contributed by atoms with van der Waals surface area (Å²) in [5.74, 6) is 0.850. The van der Waals surface area contributed by atoms with Crippen molar-refractivity contribution in [3.8, 4) is 11.5 Å². The van der Waals surface area contributed by atoms with Gasteiger partial charge in [0.25, 0.3) is 11.1 Å². The number of benzene rings is 1. The van der Waals surface area contributed by atoms with Gasteiger partial charge in [0.2, 0.25) is 0 Å². The van der Waals surface area contributed by atoms with Gasteiger partial charge in [-0.15, -0.1) is 10.2 Å². The minimum absolute atomic E-state index is 0.0591. The van der Waals surface area contributed by atoms with Crippen molar-refractivity contribution in [2.75, 3.05) is 12.9 Å². The molecule has 3 heterocycles. The number of nitrogens with one attached hydrogen (secondary N) is 1. The van der Waals surface area contributed by atoms with Crippen LogP contribution in [0.25, 0.3) is 11.5 Å². The zero-order valence-electron chi connectivity index (χ0n) is 18.1. The van der Waals surface area contributed by atoms with Gasteiger partial charge in [-0.05, 0) is 31.4 Å². The first-order valence-corrected chi connectivity index (χ1v) is 11.5. The fraction of sp³-hybridized carbons (Fsp3) is 0.304. The van der Waals surface area contributed by atoms with Gasteiger partial charge in [-0.1, -0.05) is 42.1 Å². The van der Waals surface area contributed by atoms with Crippen molar-refractivity contribution < 1.29 is 23.2 Å². The summed E-state index contributed by atoms with van der Waals surface area (Å²) in [6.07, 6.45) is 3.33. The number of carbonyl (C=O) groups is 2. The number of esters is 1. The Bertz CT molecular complexity index is 1210. The molecule has 0 radical (unpaired) electrons. The van der Waals surface area contributed by atoms with Crippen LogP contribution in [0, 0.1) is 6.92 Å². The smallest absolute Gasteiger partial charge is 0.338 e. The molecule has 1 atom stereocenters. The second-order valence-corrected chi connectivity index (χ2v) is 8.73. The van der Waals surface area contributed by atoms with E-state index < -0.39 is 12.0 Å². The van der Waals surface area contributed by atoms with E-state index in [-0.39, 0.29) is 12.1 Å². The summed E-state index contributed by atoms with van der Waals surface area (Å²) in [7, 11) is 1.34. The summed E-state index contributed by atoms with van der Waals surface area (Å²) in [4.78, 5) is 27.7. The van der Waals surface area contributed by atoms with E-state index >= 15 is 0 Å². The lowest BCUT2D eigenvalue weighted by atomic mass is 9.95. The van der Waals surface area contributed by atoms with Crippen LogP contribution in [0.15, 0.2) is 68.0 Å². The van der Waals surface area contributed by atoms with Crippen LogP contribution < -0.4 is 5.32 Å². The highest BCUT2D eigenvalue weighted by molar-refractivity contribution is 7.99. The first-order valence-electron chi connectivity index (χ1n) is 10.5. The van der Waals surface area contributed by atoms with Gasteiger partial charge < -0.3 is 18.9 Å². The predicted octanol–water partition coefficient (Wildman–Crippen LogP) is 4.09. The fourth-order valence-electron chi connectivity index (χ4n) is 3.91. The van der Waals surface area contributed by atoms with E-state index in [1.807, 2.05) is 37.3 Å². The molecule has 1 unspecified atom stereocenters. The molecule has 2 aliphatic rings. The number of carbonyl (C=O) groups excluding carboxylic acids is 2. The zero-order valence-corrected chi connectivity index (χ0v) is 18.9. The van der Waals surface area contributed by atoms with Gasteiger partial charge in [0.15, 0.2) is 0 Å². The fourth-order valence-corrected chi connectivity index (χ4v) is 4.70. The Labute approximate surface area is 194 Å². The minimum Gasteiger partial charge on any atom is -0.469 e. The largest absolute Gasteiger partial charge is 0.469 e. The lowest BCUT2D eigenvalue weighted by Gasteiger charge is -2.36. The molecule has 2 aromatic heterocycles. The standard InChI is InChI=1S/C23H22N4O5S/c1-13-16(10-11-31-13)20-25-26-23(32-20)33-12-17-18(21(28)30-2)19(14-6-4-3-5-7-14)24-22(29)27(17)15-8-9-15/h3-7,10-11,15,19H,8-9,12H2,1-2H3,(H,24,29). The number of furan rings is 1. The van der Waals surface area contributed by atoms with Crippen molar-refractivity contribution in [3.63, 3.8) is 0 Å². The van der Waals surface area contributed by atoms with Gasteiger partial charge in [-0.3, -0.25) is 4.90 Å². The molecular formula is C23H22N4O5S. The third kappa shape index (κ3) is 4.13. The molecule has 170 valence electrons. The van der Waals surface area contributed by atoms with Crippen LogP contribution in [-0.4, -0.2) is 46.0 Å². The second kappa shape index (κ2) is 8.78. The number of aryl methyl sites for hydroxylation is 1. The summed E-state index contributed by atoms with van der Waals surface area (Å²) in [6.45, 7) is 1.82. The molecule has 1 aliphatic carbocycles. The van der Waals surface area contributed by atoms with Crippen molar-refractivity contribution in [3.05, 3.63) is 65.3 Å². The second-order valence-electron chi connectivity index (χ2n) is 7.80. The maximum atomic E-state index is 13.1. The van der Waals surface area contributed by atoms with Crippen molar-refractivity contribution in [2.45, 2.75) is 37.1 Å². The number of hydrogen-bond acceptors (Lipinski definition) is 8. The van der Waals surface area contributed by atoms with Gasteiger partial charge >= 0.3 is 12.0 Å². The van der Waals surface area contributed by atoms with E-state index in [4.69, 9.17) is 13.6 Å². The molecule has 1 aromatic carbocycles. The van der Waals surface area contributed by atoms with E-state index in [9.17, 15) is 9.59 Å². The van der Waals surface area contributed by atoms with Crippen molar-refractivity contribution in [1.29, 1.82) is 0 Å². The monoisotopic (exact) mass is 466 g/mol. The Morgan fingerprint density at radius 1 is 1.24 bits per heavy atom. The van der Waals surface area contributed by atoms with Gasteiger partial charge in [-0.2, -0.15) is 0 Å². The number of urea groups is 1. The van der Waals surface area contributed by atoms with Gasteiger partial charge in [-0.25, -0.2) is 9.59 Å². The van der Waals surface area contributed by atoms with Crippen LogP contribution in [0.1, 0.15) is 30.2 Å². The molecule has 1 saturated carbocycles. The SMILES string of the molecule is COC(=O)C1=C(CSc2nnc(-c3ccoc3C)o2)N(C2CC2)C(=O)NC1c1ccccc1. The molecule has 2 amide bonds. The molecule has 3 aromatic rings. The third-order valence-electron chi connectivity index (χ3n) is 5.66. The number of nitrogens with zero attached hydrogens (tertiary/aromatic N) is 3. The van der Waals surface area contributed by atoms with E-state index in [0.29, 0.717) is 33.9 Å². The molecule has 5 rings (SSSR count). The summed E-state index contributed by atoms with van der Waals surface area (Å²) in [5, 5.41) is 11.5. The van der Waals surface area contributed by atoms with Crippen LogP contribution in [0.3, 0.4) is 0 Å². The Morgan fingerprint density at radius 2 is 2.03 bits per heavy atom. The number of hydrogen-bond donors (Lipinski definition) is 1. The van der Waals surface area contributed by atoms with E-state index in [1.54, 1.807) is 17.2 Å². The summed E-state index contributed by atoms with van der Waals surface area (Å²) in [5.41, 5.74) is 2.55. The highest BCUT2D eigenvalue weighted by Crippen LogP contribution is 2.40. The Kier molecular flexibility index (Phi) is 5.67. The van der Waals surface area contributed by atoms with Crippen LogP contribution in [0.4, 0.5) is 4.79 Å². The van der Waals surface area contributed by atoms with Crippen LogP contribution in [0.2, 0.25) is 0 Å². The molecule has 9 nitrogen and oxygen atoms in total. The van der Waals surface area contributed by atoms with Crippen LogP contribution in [0.5, 0.6) is 0 Å². The molecule has 1 fully saturated rings. The molecule has 0 bridgehead atoms. The summed E-state index contributed by atoms with van der Waals surface area (Å²) >= 11 is 1.27. The number of amides is 2. The number of rotatable bonds is 7. The third-order valence-corrected chi connectivity index (χ3v) is 6.48. The van der Waals surface area contributed by atoms with Crippen LogP contribution in [-0.2, 0) is 9.53 Å². The average Bonchev–Trinajstić information content (AvgIpc) is 3.40. The number of ether oxygens (including phenoxy) is 1. The van der Waals surface area contributed by atoms with E-state index in [1.165, 1.54) is 18.9 Å². The van der Waals surface area contributed by atoms with Gasteiger partial charge in [0.05, 0.1) is 30.6 Å². The lowest BCUT2D eigenvalue weighted by molar-refractivity contribution is -0.136.